The maximum absolute atomic E-state index is 9.48. The summed E-state index contributed by atoms with van der Waals surface area (Å²) in [5, 5.41) is 9.81. The third-order valence-corrected chi connectivity index (χ3v) is 3.95. The number of phenols is 1. The van der Waals surface area contributed by atoms with Crippen LogP contribution in [0.25, 0.3) is 0 Å². The first-order valence-electron chi connectivity index (χ1n) is 6.56. The van der Waals surface area contributed by atoms with Crippen molar-refractivity contribution in [2.75, 3.05) is 0 Å². The SMILES string of the molecule is Cc1ccc2c(c1)[C@@H](N)CC(c1ccc(O)c(Cl)c1)O2. The zero-order valence-electron chi connectivity index (χ0n) is 11.1. The van der Waals surface area contributed by atoms with E-state index in [1.54, 1.807) is 12.1 Å². The van der Waals surface area contributed by atoms with Gasteiger partial charge in [-0.15, -0.1) is 0 Å². The lowest BCUT2D eigenvalue weighted by Gasteiger charge is -2.31. The van der Waals surface area contributed by atoms with Crippen molar-refractivity contribution in [2.24, 2.45) is 5.73 Å². The molecule has 0 bridgehead atoms. The summed E-state index contributed by atoms with van der Waals surface area (Å²) in [4.78, 5) is 0. The predicted molar refractivity (Wildman–Crippen MR) is 79.2 cm³/mol. The molecule has 1 aliphatic heterocycles. The molecule has 0 radical (unpaired) electrons. The van der Waals surface area contributed by atoms with Crippen molar-refractivity contribution in [3.63, 3.8) is 0 Å². The predicted octanol–water partition coefficient (Wildman–Crippen LogP) is 3.88. The number of rotatable bonds is 1. The second-order valence-corrected chi connectivity index (χ2v) is 5.61. The number of halogens is 1. The molecular formula is C16H16ClNO2. The molecule has 0 saturated carbocycles. The van der Waals surface area contributed by atoms with Gasteiger partial charge in [-0.25, -0.2) is 0 Å². The highest BCUT2D eigenvalue weighted by Gasteiger charge is 2.27. The highest BCUT2D eigenvalue weighted by Crippen LogP contribution is 2.41. The largest absolute Gasteiger partial charge is 0.506 e. The highest BCUT2D eigenvalue weighted by molar-refractivity contribution is 6.32. The van der Waals surface area contributed by atoms with Crippen molar-refractivity contribution >= 4 is 11.6 Å². The Morgan fingerprint density at radius 2 is 2.05 bits per heavy atom. The summed E-state index contributed by atoms with van der Waals surface area (Å²) in [5.74, 6) is 0.898. The van der Waals surface area contributed by atoms with Gasteiger partial charge in [-0.2, -0.15) is 0 Å². The molecule has 3 rings (SSSR count). The van der Waals surface area contributed by atoms with Crippen LogP contribution in [0.4, 0.5) is 0 Å². The van der Waals surface area contributed by atoms with Gasteiger partial charge in [0.1, 0.15) is 17.6 Å². The molecule has 104 valence electrons. The fraction of sp³-hybridized carbons (Fsp3) is 0.250. The number of nitrogens with two attached hydrogens (primary N) is 1. The van der Waals surface area contributed by atoms with Crippen molar-refractivity contribution < 1.29 is 9.84 Å². The molecule has 0 amide bonds. The number of fused-ring (bicyclic) bond motifs is 1. The van der Waals surface area contributed by atoms with Crippen molar-refractivity contribution in [1.82, 2.24) is 0 Å². The Hall–Kier alpha value is -1.71. The van der Waals surface area contributed by atoms with Crippen LogP contribution in [0, 0.1) is 6.92 Å². The zero-order valence-corrected chi connectivity index (χ0v) is 11.9. The van der Waals surface area contributed by atoms with Gasteiger partial charge >= 0.3 is 0 Å². The minimum absolute atomic E-state index is 0.0590. The summed E-state index contributed by atoms with van der Waals surface area (Å²) >= 11 is 5.95. The van der Waals surface area contributed by atoms with Crippen LogP contribution < -0.4 is 10.5 Å². The normalized spacial score (nSPS) is 21.1. The highest BCUT2D eigenvalue weighted by atomic mass is 35.5. The Morgan fingerprint density at radius 1 is 1.25 bits per heavy atom. The van der Waals surface area contributed by atoms with E-state index in [1.165, 1.54) is 5.56 Å². The Kier molecular flexibility index (Phi) is 3.32. The minimum atomic E-state index is -0.140. The van der Waals surface area contributed by atoms with Gasteiger partial charge in [0.2, 0.25) is 0 Å². The van der Waals surface area contributed by atoms with Gasteiger partial charge in [0.25, 0.3) is 0 Å². The molecule has 4 heteroatoms. The van der Waals surface area contributed by atoms with Crippen LogP contribution in [0.3, 0.4) is 0 Å². The summed E-state index contributed by atoms with van der Waals surface area (Å²) in [6, 6.07) is 11.1. The molecule has 2 aromatic carbocycles. The van der Waals surface area contributed by atoms with Crippen LogP contribution in [-0.2, 0) is 0 Å². The minimum Gasteiger partial charge on any atom is -0.506 e. The summed E-state index contributed by atoms with van der Waals surface area (Å²) in [6.07, 6.45) is 0.552. The molecule has 1 aliphatic rings. The fourth-order valence-electron chi connectivity index (χ4n) is 2.55. The van der Waals surface area contributed by atoms with Crippen molar-refractivity contribution in [1.29, 1.82) is 0 Å². The topological polar surface area (TPSA) is 55.5 Å². The van der Waals surface area contributed by atoms with E-state index in [1.807, 2.05) is 25.1 Å². The number of aromatic hydroxyl groups is 1. The molecule has 0 fully saturated rings. The summed E-state index contributed by atoms with van der Waals surface area (Å²) < 4.78 is 6.02. The Bertz CT molecular complexity index is 657. The maximum atomic E-state index is 9.48. The second kappa shape index (κ2) is 5.00. The molecule has 20 heavy (non-hydrogen) atoms. The molecule has 0 aromatic heterocycles. The first kappa shape index (κ1) is 13.3. The monoisotopic (exact) mass is 289 g/mol. The lowest BCUT2D eigenvalue weighted by molar-refractivity contribution is 0.161. The van der Waals surface area contributed by atoms with E-state index < -0.39 is 0 Å². The molecule has 0 aliphatic carbocycles. The summed E-state index contributed by atoms with van der Waals surface area (Å²) in [7, 11) is 0. The van der Waals surface area contributed by atoms with Crippen LogP contribution in [0.15, 0.2) is 36.4 Å². The summed E-state index contributed by atoms with van der Waals surface area (Å²) in [5.41, 5.74) is 9.40. The number of phenolic OH excluding ortho intramolecular Hbond substituents is 1. The smallest absolute Gasteiger partial charge is 0.134 e. The third kappa shape index (κ3) is 2.35. The van der Waals surface area contributed by atoms with Gasteiger partial charge in [-0.05, 0) is 30.7 Å². The van der Waals surface area contributed by atoms with E-state index in [0.29, 0.717) is 11.4 Å². The van der Waals surface area contributed by atoms with Crippen LogP contribution in [0.5, 0.6) is 11.5 Å². The Labute approximate surface area is 122 Å². The lowest BCUT2D eigenvalue weighted by atomic mass is 9.92. The quantitative estimate of drug-likeness (QED) is 0.838. The molecule has 1 unspecified atom stereocenters. The number of ether oxygens (including phenoxy) is 1. The molecule has 2 aromatic rings. The number of hydrogen-bond donors (Lipinski definition) is 2. The second-order valence-electron chi connectivity index (χ2n) is 5.20. The molecule has 3 nitrogen and oxygen atoms in total. The molecule has 3 N–H and O–H groups in total. The van der Waals surface area contributed by atoms with Gasteiger partial charge in [0, 0.05) is 18.0 Å². The number of benzene rings is 2. The first-order chi connectivity index (χ1) is 9.54. The van der Waals surface area contributed by atoms with Crippen molar-refractivity contribution in [3.05, 3.63) is 58.1 Å². The van der Waals surface area contributed by atoms with Crippen LogP contribution >= 0.6 is 11.6 Å². The Balaban J connectivity index is 1.94. The first-order valence-corrected chi connectivity index (χ1v) is 6.93. The van der Waals surface area contributed by atoms with E-state index in [0.717, 1.165) is 16.9 Å². The van der Waals surface area contributed by atoms with E-state index >= 15 is 0 Å². The van der Waals surface area contributed by atoms with E-state index in [2.05, 4.69) is 6.07 Å². The molecule has 0 spiro atoms. The molecule has 2 atom stereocenters. The van der Waals surface area contributed by atoms with E-state index in [4.69, 9.17) is 22.1 Å². The molecule has 1 heterocycles. The van der Waals surface area contributed by atoms with E-state index in [9.17, 15) is 5.11 Å². The number of hydrogen-bond acceptors (Lipinski definition) is 3. The van der Waals surface area contributed by atoms with Crippen molar-refractivity contribution in [2.45, 2.75) is 25.5 Å². The van der Waals surface area contributed by atoms with Crippen molar-refractivity contribution in [3.8, 4) is 11.5 Å². The zero-order chi connectivity index (χ0) is 14.3. The fourth-order valence-corrected chi connectivity index (χ4v) is 2.74. The average molecular weight is 290 g/mol. The van der Waals surface area contributed by atoms with Crippen LogP contribution in [-0.4, -0.2) is 5.11 Å². The summed E-state index contributed by atoms with van der Waals surface area (Å²) in [6.45, 7) is 2.04. The Morgan fingerprint density at radius 3 is 2.80 bits per heavy atom. The van der Waals surface area contributed by atoms with Gasteiger partial charge in [-0.3, -0.25) is 0 Å². The van der Waals surface area contributed by atoms with Gasteiger partial charge < -0.3 is 15.6 Å². The standard InChI is InChI=1S/C16H16ClNO2/c1-9-2-5-15-11(6-9)13(18)8-16(20-15)10-3-4-14(19)12(17)7-10/h2-7,13,16,19H,8,18H2,1H3/t13-,16?/m0/s1. The van der Waals surface area contributed by atoms with Crippen LogP contribution in [0.2, 0.25) is 5.02 Å². The van der Waals surface area contributed by atoms with E-state index in [-0.39, 0.29) is 17.9 Å². The average Bonchev–Trinajstić information content (AvgIpc) is 2.42. The van der Waals surface area contributed by atoms with Gasteiger partial charge in [-0.1, -0.05) is 35.4 Å². The van der Waals surface area contributed by atoms with Gasteiger partial charge in [0.15, 0.2) is 0 Å². The molecule has 0 saturated heterocycles. The molecular weight excluding hydrogens is 274 g/mol. The van der Waals surface area contributed by atoms with Gasteiger partial charge in [0.05, 0.1) is 5.02 Å². The maximum Gasteiger partial charge on any atom is 0.134 e. The number of aryl methyl sites for hydroxylation is 1. The lowest BCUT2D eigenvalue weighted by Crippen LogP contribution is -2.24. The van der Waals surface area contributed by atoms with Crippen LogP contribution in [0.1, 0.15) is 35.3 Å². The third-order valence-electron chi connectivity index (χ3n) is 3.65.